The Morgan fingerprint density at radius 2 is 1.00 bits per heavy atom. The van der Waals surface area contributed by atoms with Crippen molar-refractivity contribution in [2.45, 2.75) is 20.8 Å². The third-order valence-electron chi connectivity index (χ3n) is 7.00. The third kappa shape index (κ3) is 2.83. The summed E-state index contributed by atoms with van der Waals surface area (Å²) in [5.74, 6) is 2.89. The molecule has 6 aromatic rings. The molecule has 0 aliphatic carbocycles. The van der Waals surface area contributed by atoms with Gasteiger partial charge in [0.1, 0.15) is 17.5 Å². The summed E-state index contributed by atoms with van der Waals surface area (Å²) >= 11 is 0. The van der Waals surface area contributed by atoms with Gasteiger partial charge < -0.3 is 13.7 Å². The molecular formula is C27H26N6. The first-order valence-electron chi connectivity index (χ1n) is 11.2. The zero-order valence-corrected chi connectivity index (χ0v) is 19.8. The maximum atomic E-state index is 5.01. The predicted octanol–water partition coefficient (Wildman–Crippen LogP) is 5.61. The lowest BCUT2D eigenvalue weighted by atomic mass is 10.1. The Morgan fingerprint density at radius 3 is 1.64 bits per heavy atom. The van der Waals surface area contributed by atoms with Crippen LogP contribution in [0.5, 0.6) is 0 Å². The summed E-state index contributed by atoms with van der Waals surface area (Å²) < 4.78 is 6.43. The highest BCUT2D eigenvalue weighted by Gasteiger charge is 2.16. The van der Waals surface area contributed by atoms with Gasteiger partial charge in [0.15, 0.2) is 0 Å². The van der Waals surface area contributed by atoms with Crippen LogP contribution in [-0.2, 0) is 21.1 Å². The Balaban J connectivity index is 1.49. The van der Waals surface area contributed by atoms with Gasteiger partial charge in [-0.15, -0.1) is 0 Å². The van der Waals surface area contributed by atoms with E-state index in [0.29, 0.717) is 0 Å². The van der Waals surface area contributed by atoms with E-state index in [9.17, 15) is 0 Å². The quantitative estimate of drug-likeness (QED) is 0.356. The molecule has 6 nitrogen and oxygen atoms in total. The molecule has 0 unspecified atom stereocenters. The van der Waals surface area contributed by atoms with Crippen LogP contribution in [-0.4, -0.2) is 28.7 Å². The first-order chi connectivity index (χ1) is 15.8. The fraction of sp³-hybridized carbons (Fsp3) is 0.222. The second-order valence-electron chi connectivity index (χ2n) is 9.04. The normalized spacial score (nSPS) is 11.9. The monoisotopic (exact) mass is 434 g/mol. The van der Waals surface area contributed by atoms with E-state index in [0.717, 1.165) is 61.7 Å². The maximum Gasteiger partial charge on any atom is 0.140 e. The SMILES string of the molecule is Cc1cc2nc(-c3ccc4c(c3)nc(-c3ccc5c(c3)nc(C)n5C)n4C)n(C)c2cc1C. The van der Waals surface area contributed by atoms with E-state index in [-0.39, 0.29) is 0 Å². The van der Waals surface area contributed by atoms with Crippen LogP contribution in [0.4, 0.5) is 0 Å². The van der Waals surface area contributed by atoms with Crippen LogP contribution in [0.1, 0.15) is 17.0 Å². The van der Waals surface area contributed by atoms with Gasteiger partial charge in [-0.2, -0.15) is 0 Å². The molecule has 0 aliphatic rings. The summed E-state index contributed by atoms with van der Waals surface area (Å²) in [6.45, 7) is 6.31. The molecule has 0 saturated heterocycles. The molecule has 3 heterocycles. The molecule has 6 heteroatoms. The summed E-state index contributed by atoms with van der Waals surface area (Å²) in [6, 6.07) is 17.2. The Kier molecular flexibility index (Phi) is 4.06. The summed E-state index contributed by atoms with van der Waals surface area (Å²) in [5.41, 5.74) is 11.0. The Morgan fingerprint density at radius 1 is 0.515 bits per heavy atom. The number of fused-ring (bicyclic) bond motifs is 3. The molecular weight excluding hydrogens is 408 g/mol. The second kappa shape index (κ2) is 6.78. The molecule has 0 atom stereocenters. The smallest absolute Gasteiger partial charge is 0.140 e. The number of aryl methyl sites for hydroxylation is 6. The van der Waals surface area contributed by atoms with Gasteiger partial charge in [-0.25, -0.2) is 15.0 Å². The van der Waals surface area contributed by atoms with Gasteiger partial charge in [0, 0.05) is 32.3 Å². The van der Waals surface area contributed by atoms with Crippen molar-refractivity contribution < 1.29 is 0 Å². The molecule has 6 rings (SSSR count). The van der Waals surface area contributed by atoms with Crippen LogP contribution in [0.15, 0.2) is 48.5 Å². The fourth-order valence-electron chi connectivity index (χ4n) is 4.76. The number of hydrogen-bond donors (Lipinski definition) is 0. The molecule has 0 radical (unpaired) electrons. The van der Waals surface area contributed by atoms with Crippen molar-refractivity contribution in [2.24, 2.45) is 21.1 Å². The predicted molar refractivity (Wildman–Crippen MR) is 134 cm³/mol. The van der Waals surface area contributed by atoms with E-state index in [1.54, 1.807) is 0 Å². The average Bonchev–Trinajstić information content (AvgIpc) is 3.40. The van der Waals surface area contributed by atoms with Crippen molar-refractivity contribution in [2.75, 3.05) is 0 Å². The molecule has 3 aromatic heterocycles. The van der Waals surface area contributed by atoms with Crippen LogP contribution in [0.2, 0.25) is 0 Å². The average molecular weight is 435 g/mol. The first kappa shape index (κ1) is 19.7. The van der Waals surface area contributed by atoms with Gasteiger partial charge in [-0.3, -0.25) is 0 Å². The summed E-state index contributed by atoms with van der Waals surface area (Å²) in [7, 11) is 6.20. The lowest BCUT2D eigenvalue weighted by Crippen LogP contribution is -1.94. The fourth-order valence-corrected chi connectivity index (χ4v) is 4.76. The molecule has 0 bridgehead atoms. The number of benzene rings is 3. The minimum atomic E-state index is 0.934. The zero-order chi connectivity index (χ0) is 23.0. The lowest BCUT2D eigenvalue weighted by molar-refractivity contribution is 0.886. The third-order valence-corrected chi connectivity index (χ3v) is 7.00. The number of nitrogens with zero attached hydrogens (tertiary/aromatic N) is 6. The van der Waals surface area contributed by atoms with Crippen molar-refractivity contribution in [1.29, 1.82) is 0 Å². The second-order valence-corrected chi connectivity index (χ2v) is 9.04. The van der Waals surface area contributed by atoms with E-state index in [4.69, 9.17) is 15.0 Å². The molecule has 33 heavy (non-hydrogen) atoms. The summed E-state index contributed by atoms with van der Waals surface area (Å²) in [5, 5.41) is 0. The van der Waals surface area contributed by atoms with E-state index < -0.39 is 0 Å². The van der Waals surface area contributed by atoms with Crippen LogP contribution in [0, 0.1) is 20.8 Å². The van der Waals surface area contributed by atoms with E-state index in [1.807, 2.05) is 14.0 Å². The van der Waals surface area contributed by atoms with E-state index >= 15 is 0 Å². The number of aromatic nitrogens is 6. The van der Waals surface area contributed by atoms with Gasteiger partial charge in [0.25, 0.3) is 0 Å². The molecule has 0 aliphatic heterocycles. The highest BCUT2D eigenvalue weighted by molar-refractivity contribution is 5.88. The first-order valence-corrected chi connectivity index (χ1v) is 11.2. The minimum Gasteiger partial charge on any atom is -0.331 e. The Labute approximate surface area is 192 Å². The molecule has 3 aromatic carbocycles. The minimum absolute atomic E-state index is 0.934. The van der Waals surface area contributed by atoms with Crippen molar-refractivity contribution in [3.05, 3.63) is 65.5 Å². The largest absolute Gasteiger partial charge is 0.331 e. The van der Waals surface area contributed by atoms with Gasteiger partial charge in [0.2, 0.25) is 0 Å². The number of imidazole rings is 3. The van der Waals surface area contributed by atoms with Gasteiger partial charge in [0.05, 0.1) is 33.1 Å². The van der Waals surface area contributed by atoms with Crippen molar-refractivity contribution in [3.8, 4) is 22.8 Å². The highest BCUT2D eigenvalue weighted by Crippen LogP contribution is 2.31. The molecule has 0 N–H and O–H groups in total. The molecule has 164 valence electrons. The van der Waals surface area contributed by atoms with Crippen molar-refractivity contribution >= 4 is 33.1 Å². The van der Waals surface area contributed by atoms with Gasteiger partial charge in [-0.1, -0.05) is 0 Å². The highest BCUT2D eigenvalue weighted by atomic mass is 15.1. The Hall–Kier alpha value is -3.93. The molecule has 0 amide bonds. The lowest BCUT2D eigenvalue weighted by Gasteiger charge is -2.04. The molecule has 0 fully saturated rings. The topological polar surface area (TPSA) is 53.5 Å². The van der Waals surface area contributed by atoms with Crippen LogP contribution >= 0.6 is 0 Å². The van der Waals surface area contributed by atoms with Gasteiger partial charge >= 0.3 is 0 Å². The Bertz CT molecular complexity index is 1730. The molecule has 0 saturated carbocycles. The van der Waals surface area contributed by atoms with Crippen molar-refractivity contribution in [3.63, 3.8) is 0 Å². The van der Waals surface area contributed by atoms with Crippen molar-refractivity contribution in [1.82, 2.24) is 28.7 Å². The number of rotatable bonds is 2. The van der Waals surface area contributed by atoms with Gasteiger partial charge in [-0.05, 0) is 80.4 Å². The zero-order valence-electron chi connectivity index (χ0n) is 19.8. The van der Waals surface area contributed by atoms with Crippen LogP contribution in [0.25, 0.3) is 55.9 Å². The molecule has 0 spiro atoms. The standard InChI is InChI=1S/C27H26N6/c1-15-11-20-25(12-16(15)2)33(6)27(29-20)19-8-10-24-22(14-19)30-26(32(24)5)18-7-9-23-21(13-18)28-17(3)31(23)4/h7-14H,1-6H3. The summed E-state index contributed by atoms with van der Waals surface area (Å²) in [6.07, 6.45) is 0. The van der Waals surface area contributed by atoms with E-state index in [2.05, 4.69) is 90.2 Å². The summed E-state index contributed by atoms with van der Waals surface area (Å²) in [4.78, 5) is 14.6. The van der Waals surface area contributed by atoms with Crippen LogP contribution in [0.3, 0.4) is 0 Å². The number of hydrogen-bond acceptors (Lipinski definition) is 3. The maximum absolute atomic E-state index is 5.01. The van der Waals surface area contributed by atoms with E-state index in [1.165, 1.54) is 11.1 Å². The van der Waals surface area contributed by atoms with Crippen LogP contribution < -0.4 is 0 Å².